The highest BCUT2D eigenvalue weighted by molar-refractivity contribution is 9.10. The second kappa shape index (κ2) is 4.96. The fraction of sp³-hybridized carbons (Fsp3) is 0.111. The minimum absolute atomic E-state index is 0.526. The summed E-state index contributed by atoms with van der Waals surface area (Å²) in [4.78, 5) is 5.29. The summed E-state index contributed by atoms with van der Waals surface area (Å²) in [6, 6.07) is 8.08. The summed E-state index contributed by atoms with van der Waals surface area (Å²) in [7, 11) is 0. The van der Waals surface area contributed by atoms with Gasteiger partial charge in [0.15, 0.2) is 11.0 Å². The summed E-state index contributed by atoms with van der Waals surface area (Å²) in [5.74, 6) is 1.54. The van der Waals surface area contributed by atoms with Crippen LogP contribution in [-0.2, 0) is 5.75 Å². The van der Waals surface area contributed by atoms with E-state index in [9.17, 15) is 0 Å². The summed E-state index contributed by atoms with van der Waals surface area (Å²) in [6.07, 6.45) is 0. The number of hydrogen-bond donors (Lipinski definition) is 1. The van der Waals surface area contributed by atoms with Crippen molar-refractivity contribution in [3.05, 3.63) is 34.6 Å². The SMILES string of the molecule is Nc1nc(CSc2ccccc2Br)ns1. The normalized spacial score (nSPS) is 10.5. The van der Waals surface area contributed by atoms with Crippen LogP contribution in [0, 0.1) is 0 Å². The lowest BCUT2D eigenvalue weighted by atomic mass is 10.4. The van der Waals surface area contributed by atoms with Crippen molar-refractivity contribution in [3.8, 4) is 0 Å². The Bertz CT molecular complexity index is 458. The van der Waals surface area contributed by atoms with E-state index in [0.717, 1.165) is 16.0 Å². The molecular weight excluding hydrogens is 294 g/mol. The van der Waals surface area contributed by atoms with E-state index in [-0.39, 0.29) is 0 Å². The standard InChI is InChI=1S/C9H8BrN3S2/c10-6-3-1-2-4-7(6)14-5-8-12-9(11)15-13-8/h1-4H,5H2,(H2,11,12,13). The third kappa shape index (κ3) is 2.93. The number of halogens is 1. The molecule has 0 saturated heterocycles. The first-order chi connectivity index (χ1) is 7.25. The first kappa shape index (κ1) is 10.9. The van der Waals surface area contributed by atoms with Crippen LogP contribution >= 0.6 is 39.2 Å². The van der Waals surface area contributed by atoms with Gasteiger partial charge in [0, 0.05) is 20.9 Å². The van der Waals surface area contributed by atoms with Gasteiger partial charge in [-0.05, 0) is 28.1 Å². The highest BCUT2D eigenvalue weighted by atomic mass is 79.9. The van der Waals surface area contributed by atoms with Crippen molar-refractivity contribution in [1.82, 2.24) is 9.36 Å². The van der Waals surface area contributed by atoms with E-state index in [1.807, 2.05) is 18.2 Å². The lowest BCUT2D eigenvalue weighted by Crippen LogP contribution is -1.86. The van der Waals surface area contributed by atoms with E-state index in [2.05, 4.69) is 31.4 Å². The molecule has 15 heavy (non-hydrogen) atoms. The predicted octanol–water partition coefficient (Wildman–Crippen LogP) is 3.18. The summed E-state index contributed by atoms with van der Waals surface area (Å²) in [6.45, 7) is 0. The molecule has 6 heteroatoms. The molecule has 2 rings (SSSR count). The van der Waals surface area contributed by atoms with Crippen molar-refractivity contribution in [2.45, 2.75) is 10.6 Å². The first-order valence-corrected chi connectivity index (χ1v) is 6.76. The van der Waals surface area contributed by atoms with Crippen molar-refractivity contribution >= 4 is 44.4 Å². The van der Waals surface area contributed by atoms with Gasteiger partial charge in [0.2, 0.25) is 0 Å². The topological polar surface area (TPSA) is 51.8 Å². The minimum Gasteiger partial charge on any atom is -0.374 e. The van der Waals surface area contributed by atoms with Crippen LogP contribution in [0.2, 0.25) is 0 Å². The van der Waals surface area contributed by atoms with Gasteiger partial charge in [-0.3, -0.25) is 0 Å². The van der Waals surface area contributed by atoms with Gasteiger partial charge >= 0.3 is 0 Å². The molecule has 78 valence electrons. The molecule has 0 aliphatic rings. The lowest BCUT2D eigenvalue weighted by Gasteiger charge is -2.00. The second-order valence-electron chi connectivity index (χ2n) is 2.77. The fourth-order valence-corrected chi connectivity index (χ4v) is 2.98. The molecule has 1 aromatic heterocycles. The molecule has 0 saturated carbocycles. The van der Waals surface area contributed by atoms with Gasteiger partial charge in [-0.15, -0.1) is 11.8 Å². The van der Waals surface area contributed by atoms with Gasteiger partial charge in [-0.1, -0.05) is 12.1 Å². The molecule has 0 atom stereocenters. The summed E-state index contributed by atoms with van der Waals surface area (Å²) < 4.78 is 5.23. The van der Waals surface area contributed by atoms with Crippen molar-refractivity contribution < 1.29 is 0 Å². The molecule has 0 bridgehead atoms. The Morgan fingerprint density at radius 1 is 1.40 bits per heavy atom. The number of benzene rings is 1. The molecule has 0 aliphatic carbocycles. The van der Waals surface area contributed by atoms with Crippen molar-refractivity contribution in [2.75, 3.05) is 5.73 Å². The maximum Gasteiger partial charge on any atom is 0.199 e. The van der Waals surface area contributed by atoms with Gasteiger partial charge in [0.1, 0.15) is 0 Å². The molecule has 2 N–H and O–H groups in total. The maximum absolute atomic E-state index is 5.50. The molecule has 3 nitrogen and oxygen atoms in total. The predicted molar refractivity (Wildman–Crippen MR) is 68.0 cm³/mol. The van der Waals surface area contributed by atoms with E-state index < -0.39 is 0 Å². The second-order valence-corrected chi connectivity index (χ2v) is 5.42. The Hall–Kier alpha value is -0.590. The van der Waals surface area contributed by atoms with Gasteiger partial charge in [-0.2, -0.15) is 4.37 Å². The molecule has 1 aromatic carbocycles. The van der Waals surface area contributed by atoms with Gasteiger partial charge < -0.3 is 5.73 Å². The lowest BCUT2D eigenvalue weighted by molar-refractivity contribution is 1.14. The number of rotatable bonds is 3. The fourth-order valence-electron chi connectivity index (χ4n) is 1.03. The molecule has 2 aromatic rings. The van der Waals surface area contributed by atoms with Crippen LogP contribution < -0.4 is 5.73 Å². The highest BCUT2D eigenvalue weighted by Crippen LogP contribution is 2.29. The van der Waals surface area contributed by atoms with Crippen LogP contribution in [0.15, 0.2) is 33.6 Å². The Kier molecular flexibility index (Phi) is 3.61. The van der Waals surface area contributed by atoms with Crippen LogP contribution in [-0.4, -0.2) is 9.36 Å². The van der Waals surface area contributed by atoms with Crippen LogP contribution in [0.3, 0.4) is 0 Å². The Labute approximate surface area is 104 Å². The van der Waals surface area contributed by atoms with Crippen molar-refractivity contribution in [1.29, 1.82) is 0 Å². The molecule has 0 amide bonds. The number of nitrogens with zero attached hydrogens (tertiary/aromatic N) is 2. The third-order valence-corrected chi connectivity index (χ3v) is 4.28. The van der Waals surface area contributed by atoms with E-state index in [4.69, 9.17) is 5.73 Å². The minimum atomic E-state index is 0.526. The van der Waals surface area contributed by atoms with E-state index in [0.29, 0.717) is 5.13 Å². The largest absolute Gasteiger partial charge is 0.374 e. The van der Waals surface area contributed by atoms with Gasteiger partial charge in [-0.25, -0.2) is 4.98 Å². The van der Waals surface area contributed by atoms with Gasteiger partial charge in [0.25, 0.3) is 0 Å². The van der Waals surface area contributed by atoms with Crippen molar-refractivity contribution in [2.24, 2.45) is 0 Å². The zero-order valence-corrected chi connectivity index (χ0v) is 10.9. The molecular formula is C9H8BrN3S2. The quantitative estimate of drug-likeness (QED) is 0.885. The Balaban J connectivity index is 2.02. The molecule has 0 spiro atoms. The number of anilines is 1. The van der Waals surface area contributed by atoms with E-state index in [1.165, 1.54) is 16.4 Å². The summed E-state index contributed by atoms with van der Waals surface area (Å²) in [5, 5.41) is 0.526. The Morgan fingerprint density at radius 2 is 2.20 bits per heavy atom. The molecule has 0 fully saturated rings. The zero-order chi connectivity index (χ0) is 10.7. The van der Waals surface area contributed by atoms with Crippen LogP contribution in [0.4, 0.5) is 5.13 Å². The molecule has 0 unspecified atom stereocenters. The number of nitrogen functional groups attached to an aromatic ring is 1. The summed E-state index contributed by atoms with van der Waals surface area (Å²) in [5.41, 5.74) is 5.50. The molecule has 1 heterocycles. The number of aromatic nitrogens is 2. The van der Waals surface area contributed by atoms with Crippen LogP contribution in [0.5, 0.6) is 0 Å². The Morgan fingerprint density at radius 3 is 2.87 bits per heavy atom. The summed E-state index contributed by atoms with van der Waals surface area (Å²) >= 11 is 6.42. The average Bonchev–Trinajstić information content (AvgIpc) is 2.63. The van der Waals surface area contributed by atoms with E-state index in [1.54, 1.807) is 11.8 Å². The van der Waals surface area contributed by atoms with Crippen LogP contribution in [0.1, 0.15) is 5.82 Å². The first-order valence-electron chi connectivity index (χ1n) is 4.21. The zero-order valence-electron chi connectivity index (χ0n) is 7.68. The van der Waals surface area contributed by atoms with E-state index >= 15 is 0 Å². The van der Waals surface area contributed by atoms with Crippen molar-refractivity contribution in [3.63, 3.8) is 0 Å². The monoisotopic (exact) mass is 301 g/mol. The number of thioether (sulfide) groups is 1. The van der Waals surface area contributed by atoms with Gasteiger partial charge in [0.05, 0.1) is 5.75 Å². The molecule has 0 radical (unpaired) electrons. The highest BCUT2D eigenvalue weighted by Gasteiger charge is 2.04. The smallest absolute Gasteiger partial charge is 0.199 e. The van der Waals surface area contributed by atoms with Crippen LogP contribution in [0.25, 0.3) is 0 Å². The number of nitrogens with two attached hydrogens (primary N) is 1. The third-order valence-electron chi connectivity index (χ3n) is 1.68. The molecule has 0 aliphatic heterocycles. The average molecular weight is 302 g/mol. The maximum atomic E-state index is 5.50. The number of hydrogen-bond acceptors (Lipinski definition) is 5.